The fourth-order valence-corrected chi connectivity index (χ4v) is 11.1. The molecular weight excluding hydrogens is 1320 g/mol. The van der Waals surface area contributed by atoms with Crippen molar-refractivity contribution in [3.05, 3.63) is 59.7 Å². The molecule has 0 aliphatic carbocycles. The zero-order chi connectivity index (χ0) is 71.3. The molecule has 7 rings (SSSR count). The highest BCUT2D eigenvalue weighted by Crippen LogP contribution is 2.38. The number of ether oxygens (including phenoxy) is 15. The minimum absolute atomic E-state index is 0.00360. The number of nitrogens with zero attached hydrogens (tertiary/aromatic N) is 6. The number of rotatable bonds is 54. The third kappa shape index (κ3) is 27.9. The van der Waals surface area contributed by atoms with Crippen LogP contribution in [-0.4, -0.2) is 303 Å². The molecule has 0 unspecified atom stereocenters. The third-order valence-corrected chi connectivity index (χ3v) is 16.4. The Bertz CT molecular complexity index is 2710. The Morgan fingerprint density at radius 1 is 0.540 bits per heavy atom. The normalized spacial score (nSPS) is 23.6. The molecule has 4 saturated heterocycles. The van der Waals surface area contributed by atoms with Gasteiger partial charge in [0.2, 0.25) is 23.6 Å². The summed E-state index contributed by atoms with van der Waals surface area (Å²) in [4.78, 5) is 61.0. The molecule has 10 atom stereocenters. The first-order chi connectivity index (χ1) is 48.5. The summed E-state index contributed by atoms with van der Waals surface area (Å²) in [6.07, 6.45) is 0.388. The van der Waals surface area contributed by atoms with Crippen molar-refractivity contribution in [2.75, 3.05) is 152 Å². The number of amides is 5. The van der Waals surface area contributed by atoms with E-state index in [4.69, 9.17) is 71.1 Å². The first kappa shape index (κ1) is 81.2. The van der Waals surface area contributed by atoms with E-state index in [2.05, 4.69) is 47.2 Å². The Morgan fingerprint density at radius 2 is 0.970 bits per heavy atom. The van der Waals surface area contributed by atoms with Gasteiger partial charge in [-0.2, -0.15) is 0 Å². The van der Waals surface area contributed by atoms with Gasteiger partial charge in [-0.25, -0.2) is 14.2 Å². The summed E-state index contributed by atoms with van der Waals surface area (Å²) >= 11 is 0. The molecule has 0 spiro atoms. The predicted octanol–water partition coefficient (Wildman–Crippen LogP) is -2.55. The van der Waals surface area contributed by atoms with E-state index in [9.17, 15) is 49.5 Å². The molecule has 1 aromatic carbocycles. The van der Waals surface area contributed by atoms with Gasteiger partial charge >= 0.3 is 6.09 Å². The van der Waals surface area contributed by atoms with Crippen molar-refractivity contribution < 1.29 is 121 Å². The van der Waals surface area contributed by atoms with E-state index in [0.29, 0.717) is 142 Å². The molecule has 564 valence electrons. The van der Waals surface area contributed by atoms with Crippen molar-refractivity contribution in [1.82, 2.24) is 56.6 Å². The van der Waals surface area contributed by atoms with Crippen molar-refractivity contribution in [2.45, 2.75) is 164 Å². The lowest BCUT2D eigenvalue weighted by Gasteiger charge is -2.42. The number of aliphatic hydroxyl groups excluding tert-OH is 5. The van der Waals surface area contributed by atoms with Crippen LogP contribution < -0.4 is 26.6 Å². The van der Waals surface area contributed by atoms with Gasteiger partial charge in [-0.1, -0.05) is 53.6 Å². The molecule has 4 bridgehead atoms. The predicted molar refractivity (Wildman–Crippen MR) is 345 cm³/mol. The first-order valence-corrected chi connectivity index (χ1v) is 34.1. The minimum Gasteiger partial charge on any atom is -0.445 e. The molecule has 4 aliphatic heterocycles. The molecule has 2 aromatic heterocycles. The van der Waals surface area contributed by atoms with Crippen LogP contribution in [0, 0.1) is 0 Å². The van der Waals surface area contributed by atoms with Crippen LogP contribution in [0.15, 0.2) is 42.7 Å². The quantitative estimate of drug-likeness (QED) is 0.0260. The van der Waals surface area contributed by atoms with Gasteiger partial charge in [0.15, 0.2) is 12.6 Å². The van der Waals surface area contributed by atoms with E-state index in [1.807, 2.05) is 30.3 Å². The number of carbonyl (C=O) groups is 5. The number of hydrogen-bond acceptors (Lipinski definition) is 29. The number of benzene rings is 1. The van der Waals surface area contributed by atoms with Gasteiger partial charge in [-0.3, -0.25) is 19.2 Å². The summed E-state index contributed by atoms with van der Waals surface area (Å²) < 4.78 is 88.5. The Kier molecular flexibility index (Phi) is 36.1. The molecule has 36 heteroatoms. The lowest BCUT2D eigenvalue weighted by molar-refractivity contribution is -0.238. The van der Waals surface area contributed by atoms with Crippen molar-refractivity contribution in [2.24, 2.45) is 0 Å². The summed E-state index contributed by atoms with van der Waals surface area (Å²) in [7, 11) is 0. The van der Waals surface area contributed by atoms with Crippen molar-refractivity contribution in [3.63, 3.8) is 0 Å². The summed E-state index contributed by atoms with van der Waals surface area (Å²) in [6.45, 7) is 7.65. The summed E-state index contributed by atoms with van der Waals surface area (Å²) in [6, 6.07) is 7.62. The topological polar surface area (TPSA) is 447 Å². The van der Waals surface area contributed by atoms with E-state index in [0.717, 1.165) is 12.0 Å². The smallest absolute Gasteiger partial charge is 0.407 e. The van der Waals surface area contributed by atoms with Gasteiger partial charge < -0.3 is 123 Å². The lowest BCUT2D eigenvalue weighted by Crippen LogP contribution is -2.66. The second-order valence-electron chi connectivity index (χ2n) is 24.7. The Labute approximate surface area is 580 Å². The Balaban J connectivity index is 0.731. The van der Waals surface area contributed by atoms with E-state index in [1.54, 1.807) is 21.8 Å². The lowest BCUT2D eigenvalue weighted by atomic mass is 9.88. The van der Waals surface area contributed by atoms with Crippen LogP contribution in [0.25, 0.3) is 0 Å². The highest BCUT2D eigenvalue weighted by atomic mass is 16.8. The van der Waals surface area contributed by atoms with Gasteiger partial charge in [-0.05, 0) is 31.2 Å². The van der Waals surface area contributed by atoms with Crippen LogP contribution in [0.3, 0.4) is 0 Å². The van der Waals surface area contributed by atoms with E-state index < -0.39 is 78.5 Å². The maximum absolute atomic E-state index is 13.5. The van der Waals surface area contributed by atoms with Crippen LogP contribution in [0.1, 0.15) is 82.2 Å². The second-order valence-corrected chi connectivity index (χ2v) is 24.7. The van der Waals surface area contributed by atoms with Crippen LogP contribution in [0.5, 0.6) is 0 Å². The van der Waals surface area contributed by atoms with Gasteiger partial charge in [0.05, 0.1) is 177 Å². The van der Waals surface area contributed by atoms with Crippen molar-refractivity contribution >= 4 is 29.7 Å². The number of alkyl carbamates (subject to hydrolysis) is 1. The molecule has 0 saturated carbocycles. The monoisotopic (exact) mass is 1430 g/mol. The number of nitrogens with one attached hydrogen (secondary N) is 5. The average Bonchev–Trinajstić information content (AvgIpc) is 1.59. The molecule has 0 radical (unpaired) electrons. The second kappa shape index (κ2) is 44.4. The van der Waals surface area contributed by atoms with Crippen molar-refractivity contribution in [3.8, 4) is 0 Å². The maximum Gasteiger partial charge on any atom is 0.407 e. The van der Waals surface area contributed by atoms with Gasteiger partial charge in [-0.15, -0.1) is 10.2 Å². The summed E-state index contributed by atoms with van der Waals surface area (Å²) in [5.41, 5.74) is -1.97. The molecule has 100 heavy (non-hydrogen) atoms. The maximum atomic E-state index is 13.5. The van der Waals surface area contributed by atoms with E-state index in [-0.39, 0.29) is 116 Å². The molecular formula is C64H103N11O25. The minimum atomic E-state index is -1.36. The van der Waals surface area contributed by atoms with Crippen LogP contribution in [0.4, 0.5) is 4.79 Å². The number of hydrogen-bond donors (Lipinski definition) is 10. The SMILES string of the molecule is CC(=O)N[C@H]1[C@H]2OC[C@](COCCOCCOCCOCCn3cc(COCC(CO)(COCc4cn(CCOCCOCCOCCOC[C@@]56CO[C@@H](O5)[C@H](NC(C)=O)[C@@H](O)[C@H]6O)nn4)NC(=O)CCCCCNC(=O)CCCCCNC(=O)OCc4ccccc4)nn3)(O2)[C@H](O)[C@@H]1O. The fraction of sp³-hybridized carbons (Fsp3) is 0.766. The molecule has 36 nitrogen and oxygen atoms in total. The molecule has 10 N–H and O–H groups in total. The van der Waals surface area contributed by atoms with Crippen LogP contribution >= 0.6 is 0 Å². The van der Waals surface area contributed by atoms with Crippen LogP contribution in [0.2, 0.25) is 0 Å². The zero-order valence-electron chi connectivity index (χ0n) is 57.2. The molecule has 5 amide bonds. The Hall–Kier alpha value is -6.11. The standard InChI is InChI=1S/C64H103N11O25/c1-46(77)67-53-55(81)57(83)63(44-97-59(53)99-63)42-92-32-30-90-28-26-88-24-22-86-20-18-74-34-49(70-72-74)37-94-40-62(39-76,69-52(80)15-9-5-10-16-65-51(79)14-8-4-11-17-66-61(85)96-36-48-12-6-3-7-13-48)41-95-38-50-35-75(73-71-50)19-21-87-23-25-89-27-29-91-31-33-93-43-64-45-98-60(100-64)54(68-47(2)78)56(82)58(64)84/h3,6-7,12-13,34-35,53-60,76,81-84H,4-5,8-11,14-33,36-45H2,1-2H3,(H,65,79)(H,66,85)(H,67,77)(H,68,78)(H,69,80)/t53-,54-,55-,56-,57-,58-,59+,60+,63+,64+/m1/s1. The number of fused-ring (bicyclic) bond motifs is 4. The van der Waals surface area contributed by atoms with Gasteiger partial charge in [0, 0.05) is 39.8 Å². The molecule has 4 aliphatic rings. The summed E-state index contributed by atoms with van der Waals surface area (Å²) in [5.74, 6) is -1.16. The highest BCUT2D eigenvalue weighted by molar-refractivity contribution is 5.77. The third-order valence-electron chi connectivity index (χ3n) is 16.4. The first-order valence-electron chi connectivity index (χ1n) is 34.1. The van der Waals surface area contributed by atoms with E-state index >= 15 is 0 Å². The van der Waals surface area contributed by atoms with Gasteiger partial charge in [0.1, 0.15) is 71.2 Å². The van der Waals surface area contributed by atoms with E-state index in [1.165, 1.54) is 13.8 Å². The fourth-order valence-electron chi connectivity index (χ4n) is 11.1. The summed E-state index contributed by atoms with van der Waals surface area (Å²) in [5, 5.41) is 83.8. The molecule has 4 fully saturated rings. The largest absolute Gasteiger partial charge is 0.445 e. The van der Waals surface area contributed by atoms with Crippen LogP contribution in [-0.2, 0) is 123 Å². The average molecular weight is 1430 g/mol. The number of unbranched alkanes of at least 4 members (excludes halogenated alkanes) is 4. The number of aliphatic hydroxyl groups is 5. The van der Waals surface area contributed by atoms with Gasteiger partial charge in [0.25, 0.3) is 0 Å². The Morgan fingerprint density at radius 3 is 1.42 bits per heavy atom. The van der Waals surface area contributed by atoms with Crippen molar-refractivity contribution in [1.29, 1.82) is 0 Å². The highest BCUT2D eigenvalue weighted by Gasteiger charge is 2.61. The molecule has 6 heterocycles. The molecule has 3 aromatic rings. The zero-order valence-corrected chi connectivity index (χ0v) is 57.2. The number of carbonyl (C=O) groups excluding carboxylic acids is 5. The number of aromatic nitrogens is 6.